The second-order valence-electron chi connectivity index (χ2n) is 4.68. The number of carboxylic acid groups (broad SMARTS) is 1. The van der Waals surface area contributed by atoms with Crippen LogP contribution in [0.2, 0.25) is 0 Å². The van der Waals surface area contributed by atoms with Gasteiger partial charge in [-0.2, -0.15) is 13.2 Å². The van der Waals surface area contributed by atoms with Gasteiger partial charge in [-0.1, -0.05) is 12.1 Å². The first-order valence-corrected chi connectivity index (χ1v) is 5.77. The lowest BCUT2D eigenvalue weighted by atomic mass is 9.94. The summed E-state index contributed by atoms with van der Waals surface area (Å²) in [6, 6.07) is 4.73. The number of benzene rings is 1. The number of aliphatic carboxylic acids is 1. The van der Waals surface area contributed by atoms with Crippen LogP contribution in [0.3, 0.4) is 0 Å². The van der Waals surface area contributed by atoms with Crippen LogP contribution in [0.25, 0.3) is 0 Å². The summed E-state index contributed by atoms with van der Waals surface area (Å²) in [5, 5.41) is 9.05. The number of hydrogen-bond acceptors (Lipinski definition) is 1. The Kier molecular flexibility index (Phi) is 3.32. The maximum absolute atomic E-state index is 12.4. The van der Waals surface area contributed by atoms with Crippen molar-refractivity contribution in [3.8, 4) is 0 Å². The number of alkyl halides is 3. The van der Waals surface area contributed by atoms with Crippen molar-refractivity contribution in [1.82, 2.24) is 0 Å². The molecule has 18 heavy (non-hydrogen) atoms. The molecule has 5 heteroatoms. The van der Waals surface area contributed by atoms with Crippen LogP contribution in [-0.2, 0) is 17.4 Å². The Morgan fingerprint density at radius 2 is 1.83 bits per heavy atom. The first kappa shape index (κ1) is 12.9. The zero-order valence-corrected chi connectivity index (χ0v) is 9.57. The van der Waals surface area contributed by atoms with E-state index in [1.165, 1.54) is 12.1 Å². The molecule has 1 aromatic rings. The average molecular weight is 258 g/mol. The largest absolute Gasteiger partial charge is 0.481 e. The highest BCUT2D eigenvalue weighted by Crippen LogP contribution is 2.39. The fourth-order valence-corrected chi connectivity index (χ4v) is 2.04. The van der Waals surface area contributed by atoms with Crippen molar-refractivity contribution in [3.63, 3.8) is 0 Å². The van der Waals surface area contributed by atoms with Gasteiger partial charge in [0, 0.05) is 0 Å². The summed E-state index contributed by atoms with van der Waals surface area (Å²) in [7, 11) is 0. The van der Waals surface area contributed by atoms with Gasteiger partial charge in [-0.25, -0.2) is 0 Å². The summed E-state index contributed by atoms with van der Waals surface area (Å²) in [4.78, 5) is 11.0. The summed E-state index contributed by atoms with van der Waals surface area (Å²) in [5.41, 5.74) is -0.0631. The number of hydrogen-bond donors (Lipinski definition) is 1. The molecule has 2 nitrogen and oxygen atoms in total. The van der Waals surface area contributed by atoms with E-state index in [2.05, 4.69) is 0 Å². The predicted molar refractivity (Wildman–Crippen MR) is 59.0 cm³/mol. The van der Waals surface area contributed by atoms with Gasteiger partial charge in [0.25, 0.3) is 0 Å². The third-order valence-electron chi connectivity index (χ3n) is 3.25. The molecule has 1 N–H and O–H groups in total. The van der Waals surface area contributed by atoms with E-state index < -0.39 is 23.6 Å². The van der Waals surface area contributed by atoms with Crippen LogP contribution in [-0.4, -0.2) is 11.1 Å². The molecule has 98 valence electrons. The Labute approximate surface area is 102 Å². The van der Waals surface area contributed by atoms with Crippen LogP contribution in [0.1, 0.15) is 24.0 Å². The van der Waals surface area contributed by atoms with Gasteiger partial charge in [-0.3, -0.25) is 4.79 Å². The predicted octanol–water partition coefficient (Wildman–Crippen LogP) is 3.36. The SMILES string of the molecule is O=C(O)[C@@H](Cc1ccc(C(F)(F)F)cc1)C1CC1. The van der Waals surface area contributed by atoms with Gasteiger partial charge < -0.3 is 5.11 Å². The fraction of sp³-hybridized carbons (Fsp3) is 0.462. The third kappa shape index (κ3) is 3.03. The normalized spacial score (nSPS) is 17.5. The van der Waals surface area contributed by atoms with Crippen LogP contribution < -0.4 is 0 Å². The first-order valence-electron chi connectivity index (χ1n) is 5.77. The smallest absolute Gasteiger partial charge is 0.416 e. The van der Waals surface area contributed by atoms with Gasteiger partial charge in [-0.05, 0) is 42.9 Å². The summed E-state index contributed by atoms with van der Waals surface area (Å²) in [5.74, 6) is -1.15. The van der Waals surface area contributed by atoms with Crippen molar-refractivity contribution < 1.29 is 23.1 Å². The molecule has 1 aliphatic rings. The molecule has 0 radical (unpaired) electrons. The highest BCUT2D eigenvalue weighted by atomic mass is 19.4. The molecule has 1 atom stereocenters. The van der Waals surface area contributed by atoms with Crippen molar-refractivity contribution in [3.05, 3.63) is 35.4 Å². The van der Waals surface area contributed by atoms with E-state index in [4.69, 9.17) is 5.11 Å². The van der Waals surface area contributed by atoms with E-state index >= 15 is 0 Å². The standard InChI is InChI=1S/C13H13F3O2/c14-13(15,16)10-5-1-8(2-6-10)7-11(12(17)18)9-3-4-9/h1-2,5-6,9,11H,3-4,7H2,(H,17,18)/t11-/m0/s1. The molecule has 1 saturated carbocycles. The Bertz CT molecular complexity index is 433. The van der Waals surface area contributed by atoms with E-state index in [0.29, 0.717) is 12.0 Å². The van der Waals surface area contributed by atoms with Crippen molar-refractivity contribution in [2.75, 3.05) is 0 Å². The van der Waals surface area contributed by atoms with Crippen molar-refractivity contribution in [2.24, 2.45) is 11.8 Å². The molecule has 0 heterocycles. The second-order valence-corrected chi connectivity index (χ2v) is 4.68. The zero-order valence-electron chi connectivity index (χ0n) is 9.57. The second kappa shape index (κ2) is 4.63. The van der Waals surface area contributed by atoms with E-state index in [1.54, 1.807) is 0 Å². The van der Waals surface area contributed by atoms with E-state index in [9.17, 15) is 18.0 Å². The molecule has 0 saturated heterocycles. The van der Waals surface area contributed by atoms with Gasteiger partial charge >= 0.3 is 12.1 Å². The molecule has 0 unspecified atom stereocenters. The molecule has 0 bridgehead atoms. The molecular formula is C13H13F3O2. The molecule has 1 fully saturated rings. The quantitative estimate of drug-likeness (QED) is 0.899. The molecule has 0 aliphatic heterocycles. The minimum absolute atomic E-state index is 0.185. The summed E-state index contributed by atoms with van der Waals surface area (Å²) >= 11 is 0. The van der Waals surface area contributed by atoms with Gasteiger partial charge in [0.1, 0.15) is 0 Å². The lowest BCUT2D eigenvalue weighted by molar-refractivity contribution is -0.142. The maximum Gasteiger partial charge on any atom is 0.416 e. The number of rotatable bonds is 4. The van der Waals surface area contributed by atoms with Crippen LogP contribution in [0.5, 0.6) is 0 Å². The molecule has 2 rings (SSSR count). The highest BCUT2D eigenvalue weighted by Gasteiger charge is 2.36. The minimum Gasteiger partial charge on any atom is -0.481 e. The van der Waals surface area contributed by atoms with Gasteiger partial charge in [0.2, 0.25) is 0 Å². The van der Waals surface area contributed by atoms with E-state index in [0.717, 1.165) is 25.0 Å². The number of halogens is 3. The number of carbonyl (C=O) groups is 1. The Morgan fingerprint density at radius 1 is 1.28 bits per heavy atom. The number of carboxylic acids is 1. The van der Waals surface area contributed by atoms with Crippen molar-refractivity contribution >= 4 is 5.97 Å². The summed E-state index contributed by atoms with van der Waals surface area (Å²) in [6.45, 7) is 0. The highest BCUT2D eigenvalue weighted by molar-refractivity contribution is 5.71. The lowest BCUT2D eigenvalue weighted by Gasteiger charge is -2.12. The Balaban J connectivity index is 2.07. The maximum atomic E-state index is 12.4. The monoisotopic (exact) mass is 258 g/mol. The van der Waals surface area contributed by atoms with Gasteiger partial charge in [0.15, 0.2) is 0 Å². The molecule has 0 spiro atoms. The first-order chi connectivity index (χ1) is 8.38. The van der Waals surface area contributed by atoms with Crippen molar-refractivity contribution in [2.45, 2.75) is 25.4 Å². The van der Waals surface area contributed by atoms with Crippen LogP contribution in [0, 0.1) is 11.8 Å². The molecular weight excluding hydrogens is 245 g/mol. The van der Waals surface area contributed by atoms with E-state index in [1.807, 2.05) is 0 Å². The summed E-state index contributed by atoms with van der Waals surface area (Å²) in [6.07, 6.45) is -2.24. The Morgan fingerprint density at radius 3 is 2.22 bits per heavy atom. The zero-order chi connectivity index (χ0) is 13.3. The third-order valence-corrected chi connectivity index (χ3v) is 3.25. The Hall–Kier alpha value is -1.52. The van der Waals surface area contributed by atoms with Crippen molar-refractivity contribution in [1.29, 1.82) is 0 Å². The van der Waals surface area contributed by atoms with Gasteiger partial charge in [0.05, 0.1) is 11.5 Å². The molecule has 1 aliphatic carbocycles. The minimum atomic E-state index is -4.35. The fourth-order valence-electron chi connectivity index (χ4n) is 2.04. The van der Waals surface area contributed by atoms with E-state index in [-0.39, 0.29) is 5.92 Å². The van der Waals surface area contributed by atoms with Crippen LogP contribution in [0.15, 0.2) is 24.3 Å². The molecule has 0 aromatic heterocycles. The summed E-state index contributed by atoms with van der Waals surface area (Å²) < 4.78 is 37.1. The topological polar surface area (TPSA) is 37.3 Å². The molecule has 0 amide bonds. The van der Waals surface area contributed by atoms with Crippen LogP contribution in [0.4, 0.5) is 13.2 Å². The average Bonchev–Trinajstić information content (AvgIpc) is 3.08. The van der Waals surface area contributed by atoms with Crippen LogP contribution >= 0.6 is 0 Å². The molecule has 1 aromatic carbocycles. The lowest BCUT2D eigenvalue weighted by Crippen LogP contribution is -2.18. The van der Waals surface area contributed by atoms with Gasteiger partial charge in [-0.15, -0.1) is 0 Å².